The van der Waals surface area contributed by atoms with Crippen molar-refractivity contribution in [3.63, 3.8) is 0 Å². The van der Waals surface area contributed by atoms with Crippen LogP contribution >= 0.6 is 0 Å². The van der Waals surface area contributed by atoms with Crippen molar-refractivity contribution in [3.8, 4) is 0 Å². The van der Waals surface area contributed by atoms with E-state index in [2.05, 4.69) is 4.74 Å². The van der Waals surface area contributed by atoms with Gasteiger partial charge in [-0.1, -0.05) is 6.07 Å². The second-order valence-corrected chi connectivity index (χ2v) is 6.42. The molecule has 2 rings (SSSR count). The summed E-state index contributed by atoms with van der Waals surface area (Å²) in [5, 5.41) is -1.37. The first-order valence-corrected chi connectivity index (χ1v) is 7.61. The molecule has 21 heavy (non-hydrogen) atoms. The van der Waals surface area contributed by atoms with Crippen molar-refractivity contribution in [1.29, 1.82) is 0 Å². The van der Waals surface area contributed by atoms with Crippen LogP contribution in [-0.2, 0) is 19.8 Å². The van der Waals surface area contributed by atoms with Crippen LogP contribution in [0, 0.1) is 6.92 Å². The van der Waals surface area contributed by atoms with Crippen LogP contribution in [0.2, 0.25) is 0 Å². The number of halogens is 1. The molecule has 1 aromatic rings. The minimum absolute atomic E-state index is 0.234. The van der Waals surface area contributed by atoms with Crippen molar-refractivity contribution in [1.82, 2.24) is 0 Å². The molecule has 1 heterocycles. The summed E-state index contributed by atoms with van der Waals surface area (Å²) in [6.07, 6.45) is -0.402. The number of hydrogen-bond acceptors (Lipinski definition) is 5. The Hall–Kier alpha value is -1.96. The molecular weight excluding hydrogens is 301 g/mol. The molecule has 114 valence electrons. The van der Waals surface area contributed by atoms with Gasteiger partial charge in [0, 0.05) is 18.7 Å². The third kappa shape index (κ3) is 3.05. The summed E-state index contributed by atoms with van der Waals surface area (Å²) < 4.78 is 39.5. The highest BCUT2D eigenvalue weighted by atomic mass is 32.3. The number of esters is 1. The molecule has 1 unspecified atom stereocenters. The third-order valence-corrected chi connectivity index (χ3v) is 4.52. The number of aryl methyl sites for hydroxylation is 1. The number of ether oxygens (including phenoxy) is 1. The number of carbonyl (C=O) groups excluding carboxylic acids is 2. The van der Waals surface area contributed by atoms with Gasteiger partial charge in [0.2, 0.25) is 5.91 Å². The zero-order valence-electron chi connectivity index (χ0n) is 11.5. The third-order valence-electron chi connectivity index (χ3n) is 3.41. The second kappa shape index (κ2) is 5.44. The van der Waals surface area contributed by atoms with E-state index in [1.807, 2.05) is 0 Å². The summed E-state index contributed by atoms with van der Waals surface area (Å²) in [4.78, 5) is 24.6. The molecule has 1 atom stereocenters. The fourth-order valence-corrected chi connectivity index (χ4v) is 2.91. The number of nitrogens with zero attached hydrogens (tertiary/aromatic N) is 1. The van der Waals surface area contributed by atoms with Crippen molar-refractivity contribution in [2.45, 2.75) is 18.6 Å². The number of benzene rings is 1. The van der Waals surface area contributed by atoms with E-state index in [0.717, 1.165) is 0 Å². The largest absolute Gasteiger partial charge is 0.465 e. The Morgan fingerprint density at radius 2 is 2.10 bits per heavy atom. The van der Waals surface area contributed by atoms with Gasteiger partial charge in [-0.2, -0.15) is 8.42 Å². The molecule has 0 N–H and O–H groups in total. The van der Waals surface area contributed by atoms with Crippen LogP contribution in [-0.4, -0.2) is 39.2 Å². The molecule has 0 aromatic heterocycles. The molecule has 0 radical (unpaired) electrons. The van der Waals surface area contributed by atoms with Gasteiger partial charge in [-0.3, -0.25) is 4.79 Å². The number of rotatable bonds is 3. The van der Waals surface area contributed by atoms with Gasteiger partial charge in [0.05, 0.1) is 12.7 Å². The average Bonchev–Trinajstić information content (AvgIpc) is 2.80. The Balaban J connectivity index is 2.38. The quantitative estimate of drug-likeness (QED) is 0.618. The van der Waals surface area contributed by atoms with Crippen molar-refractivity contribution in [2.75, 3.05) is 18.6 Å². The van der Waals surface area contributed by atoms with E-state index < -0.39 is 33.8 Å². The predicted molar refractivity (Wildman–Crippen MR) is 73.3 cm³/mol. The van der Waals surface area contributed by atoms with E-state index >= 15 is 0 Å². The average molecular weight is 315 g/mol. The van der Waals surface area contributed by atoms with E-state index in [0.29, 0.717) is 11.3 Å². The predicted octanol–water partition coefficient (Wildman–Crippen LogP) is 1.19. The molecule has 0 saturated carbocycles. The van der Waals surface area contributed by atoms with Gasteiger partial charge in [-0.25, -0.2) is 4.79 Å². The number of amides is 1. The van der Waals surface area contributed by atoms with Gasteiger partial charge in [-0.15, -0.1) is 3.89 Å². The van der Waals surface area contributed by atoms with Crippen LogP contribution in [0.3, 0.4) is 0 Å². The summed E-state index contributed by atoms with van der Waals surface area (Å²) in [6, 6.07) is 4.59. The normalized spacial score (nSPS) is 18.9. The molecule has 6 nitrogen and oxygen atoms in total. The first-order valence-electron chi connectivity index (χ1n) is 6.17. The Kier molecular flexibility index (Phi) is 3.99. The van der Waals surface area contributed by atoms with Gasteiger partial charge >= 0.3 is 16.2 Å². The maximum atomic E-state index is 13.0. The molecule has 1 saturated heterocycles. The number of hydrogen-bond donors (Lipinski definition) is 0. The van der Waals surface area contributed by atoms with Gasteiger partial charge in [0.1, 0.15) is 5.25 Å². The van der Waals surface area contributed by atoms with Crippen molar-refractivity contribution in [2.24, 2.45) is 0 Å². The molecule has 1 aliphatic rings. The molecule has 0 bridgehead atoms. The van der Waals surface area contributed by atoms with Gasteiger partial charge in [0.15, 0.2) is 0 Å². The Morgan fingerprint density at radius 3 is 2.62 bits per heavy atom. The summed E-state index contributed by atoms with van der Waals surface area (Å²) in [6.45, 7) is 1.45. The van der Waals surface area contributed by atoms with Crippen LogP contribution in [0.25, 0.3) is 0 Å². The summed E-state index contributed by atoms with van der Waals surface area (Å²) in [5.41, 5.74) is 1.29. The van der Waals surface area contributed by atoms with Gasteiger partial charge in [-0.05, 0) is 24.6 Å². The number of anilines is 1. The highest BCUT2D eigenvalue weighted by Gasteiger charge is 2.39. The Labute approximate surface area is 121 Å². The van der Waals surface area contributed by atoms with Crippen LogP contribution in [0.1, 0.15) is 22.3 Å². The topological polar surface area (TPSA) is 80.8 Å². The first kappa shape index (κ1) is 15.4. The number of methoxy groups -OCH3 is 1. The monoisotopic (exact) mass is 315 g/mol. The van der Waals surface area contributed by atoms with Gasteiger partial charge < -0.3 is 9.64 Å². The Morgan fingerprint density at radius 1 is 1.43 bits per heavy atom. The molecule has 1 aliphatic heterocycles. The highest BCUT2D eigenvalue weighted by molar-refractivity contribution is 7.87. The minimum Gasteiger partial charge on any atom is -0.465 e. The minimum atomic E-state index is -4.77. The van der Waals surface area contributed by atoms with E-state index in [9.17, 15) is 21.9 Å². The van der Waals surface area contributed by atoms with Crippen molar-refractivity contribution in [3.05, 3.63) is 29.3 Å². The molecule has 0 spiro atoms. The molecule has 1 amide bonds. The Bertz CT molecular complexity index is 701. The van der Waals surface area contributed by atoms with Crippen LogP contribution in [0.4, 0.5) is 9.57 Å². The number of carbonyl (C=O) groups is 2. The molecule has 0 aliphatic carbocycles. The van der Waals surface area contributed by atoms with Crippen LogP contribution < -0.4 is 4.90 Å². The van der Waals surface area contributed by atoms with E-state index in [1.54, 1.807) is 13.0 Å². The van der Waals surface area contributed by atoms with E-state index in [1.165, 1.54) is 24.1 Å². The standard InChI is InChI=1S/C13H14FNO5S/c1-8-3-4-9(13(17)20-2)5-11(8)15-7-10(6-12(15)16)21(14,18)19/h3-5,10H,6-7H2,1-2H3. The van der Waals surface area contributed by atoms with Gasteiger partial charge in [0.25, 0.3) is 0 Å². The second-order valence-electron chi connectivity index (χ2n) is 4.80. The fourth-order valence-electron chi connectivity index (χ4n) is 2.24. The zero-order chi connectivity index (χ0) is 15.8. The van der Waals surface area contributed by atoms with E-state index in [-0.39, 0.29) is 12.1 Å². The van der Waals surface area contributed by atoms with Crippen molar-refractivity contribution >= 4 is 27.8 Å². The van der Waals surface area contributed by atoms with Crippen LogP contribution in [0.15, 0.2) is 18.2 Å². The lowest BCUT2D eigenvalue weighted by Gasteiger charge is -2.19. The molecule has 8 heteroatoms. The summed E-state index contributed by atoms with van der Waals surface area (Å²) in [7, 11) is -3.54. The molecule has 1 fully saturated rings. The van der Waals surface area contributed by atoms with Crippen molar-refractivity contribution < 1.29 is 26.6 Å². The SMILES string of the molecule is COC(=O)c1ccc(C)c(N2CC(S(=O)(=O)F)CC2=O)c1. The molecule has 1 aromatic carbocycles. The molecular formula is C13H14FNO5S. The lowest BCUT2D eigenvalue weighted by Crippen LogP contribution is -2.27. The fraction of sp³-hybridized carbons (Fsp3) is 0.385. The maximum Gasteiger partial charge on any atom is 0.337 e. The summed E-state index contributed by atoms with van der Waals surface area (Å²) >= 11 is 0. The van der Waals surface area contributed by atoms with E-state index in [4.69, 9.17) is 0 Å². The highest BCUT2D eigenvalue weighted by Crippen LogP contribution is 2.29. The maximum absolute atomic E-state index is 13.0. The summed E-state index contributed by atoms with van der Waals surface area (Å²) in [5.74, 6) is -1.07. The lowest BCUT2D eigenvalue weighted by atomic mass is 10.1. The van der Waals surface area contributed by atoms with Crippen LogP contribution in [0.5, 0.6) is 0 Å². The lowest BCUT2D eigenvalue weighted by molar-refractivity contribution is -0.117. The smallest absolute Gasteiger partial charge is 0.337 e. The first-order chi connectivity index (χ1) is 9.74. The zero-order valence-corrected chi connectivity index (χ0v) is 12.3.